The summed E-state index contributed by atoms with van der Waals surface area (Å²) in [5.74, 6) is 0.854. The van der Waals surface area contributed by atoms with Crippen molar-refractivity contribution in [2.75, 3.05) is 46.2 Å². The quantitative estimate of drug-likeness (QED) is 0.400. The topological polar surface area (TPSA) is 88.6 Å². The van der Waals surface area contributed by atoms with Crippen molar-refractivity contribution in [1.29, 1.82) is 0 Å². The highest BCUT2D eigenvalue weighted by atomic mass is 19.1. The summed E-state index contributed by atoms with van der Waals surface area (Å²) < 4.78 is 25.0. The summed E-state index contributed by atoms with van der Waals surface area (Å²) in [4.78, 5) is 22.1. The number of likely N-dealkylation sites (tertiary alicyclic amines) is 1. The van der Waals surface area contributed by atoms with Crippen molar-refractivity contribution in [3.05, 3.63) is 71.3 Å². The van der Waals surface area contributed by atoms with E-state index in [4.69, 9.17) is 9.47 Å². The zero-order valence-electron chi connectivity index (χ0n) is 21.3. The van der Waals surface area contributed by atoms with Crippen LogP contribution in [0.5, 0.6) is 11.5 Å². The molecule has 0 unspecified atom stereocenters. The van der Waals surface area contributed by atoms with Crippen LogP contribution in [0.25, 0.3) is 0 Å². The molecule has 0 bridgehead atoms. The predicted octanol–water partition coefficient (Wildman–Crippen LogP) is 4.40. The molecular formula is C27H34FN5O3. The third kappa shape index (κ3) is 7.22. The van der Waals surface area contributed by atoms with Crippen LogP contribution >= 0.6 is 0 Å². The molecule has 9 heteroatoms. The molecule has 0 saturated carbocycles. The lowest BCUT2D eigenvalue weighted by atomic mass is 9.91. The molecule has 36 heavy (non-hydrogen) atoms. The second-order valence-electron chi connectivity index (χ2n) is 8.55. The zero-order chi connectivity index (χ0) is 25.9. The average molecular weight is 496 g/mol. The highest BCUT2D eigenvalue weighted by Gasteiger charge is 2.26. The average Bonchev–Trinajstić information content (AvgIpc) is 2.87. The molecule has 2 heterocycles. The second kappa shape index (κ2) is 13.5. The minimum Gasteiger partial charge on any atom is -0.494 e. The van der Waals surface area contributed by atoms with Crippen molar-refractivity contribution in [1.82, 2.24) is 20.2 Å². The van der Waals surface area contributed by atoms with Gasteiger partial charge in [-0.15, -0.1) is 0 Å². The van der Waals surface area contributed by atoms with Gasteiger partial charge in [-0.25, -0.2) is 14.4 Å². The molecule has 1 aliphatic rings. The molecule has 0 radical (unpaired) electrons. The number of rotatable bonds is 10. The summed E-state index contributed by atoms with van der Waals surface area (Å²) in [6, 6.07) is 11.1. The Bertz CT molecular complexity index is 1100. The molecule has 1 aromatic heterocycles. The minimum atomic E-state index is -0.564. The molecule has 2 N–H and O–H groups in total. The van der Waals surface area contributed by atoms with E-state index in [0.717, 1.165) is 18.8 Å². The van der Waals surface area contributed by atoms with Crippen LogP contribution in [0.3, 0.4) is 0 Å². The van der Waals surface area contributed by atoms with Crippen LogP contribution in [0.1, 0.15) is 40.7 Å². The molecule has 2 aromatic carbocycles. The summed E-state index contributed by atoms with van der Waals surface area (Å²) in [6.07, 6.45) is 4.85. The first-order valence-electron chi connectivity index (χ1n) is 12.0. The van der Waals surface area contributed by atoms with E-state index in [1.807, 2.05) is 26.2 Å². The number of carbonyl (C=O) groups is 1. The Labute approximate surface area is 211 Å². The monoisotopic (exact) mass is 495 g/mol. The predicted molar refractivity (Wildman–Crippen MR) is 139 cm³/mol. The maximum absolute atomic E-state index is 14.4. The molecular weight excluding hydrogens is 461 g/mol. The van der Waals surface area contributed by atoms with Crippen LogP contribution in [-0.4, -0.2) is 62.0 Å². The van der Waals surface area contributed by atoms with Crippen molar-refractivity contribution in [2.24, 2.45) is 0 Å². The number of hydrogen-bond donors (Lipinski definition) is 2. The van der Waals surface area contributed by atoms with E-state index >= 15 is 0 Å². The van der Waals surface area contributed by atoms with Crippen LogP contribution in [0, 0.1) is 5.82 Å². The Kier molecular flexibility index (Phi) is 10.1. The summed E-state index contributed by atoms with van der Waals surface area (Å²) >= 11 is 0. The lowest BCUT2D eigenvalue weighted by Crippen LogP contribution is -2.45. The number of anilines is 2. The van der Waals surface area contributed by atoms with Gasteiger partial charge in [-0.2, -0.15) is 0 Å². The first-order chi connectivity index (χ1) is 17.5. The van der Waals surface area contributed by atoms with Gasteiger partial charge in [-0.1, -0.05) is 19.1 Å². The van der Waals surface area contributed by atoms with Crippen LogP contribution in [-0.2, 0) is 6.61 Å². The minimum absolute atomic E-state index is 0.00406. The lowest BCUT2D eigenvalue weighted by Gasteiger charge is -2.39. The summed E-state index contributed by atoms with van der Waals surface area (Å²) in [5, 5.41) is 5.92. The number of nitrogens with one attached hydrogen (secondary N) is 2. The van der Waals surface area contributed by atoms with Gasteiger partial charge >= 0.3 is 0 Å². The van der Waals surface area contributed by atoms with E-state index in [2.05, 4.69) is 44.6 Å². The Morgan fingerprint density at radius 1 is 1.14 bits per heavy atom. The molecule has 0 amide bonds. The van der Waals surface area contributed by atoms with Crippen molar-refractivity contribution in [3.8, 4) is 11.5 Å². The van der Waals surface area contributed by atoms with E-state index < -0.39 is 5.82 Å². The van der Waals surface area contributed by atoms with Crippen LogP contribution in [0.15, 0.2) is 48.8 Å². The molecule has 4 rings (SSSR count). The lowest BCUT2D eigenvalue weighted by molar-refractivity contribution is 0.112. The Morgan fingerprint density at radius 2 is 1.81 bits per heavy atom. The first kappa shape index (κ1) is 27.0. The van der Waals surface area contributed by atoms with Crippen molar-refractivity contribution >= 4 is 17.9 Å². The van der Waals surface area contributed by atoms with Gasteiger partial charge in [0.05, 0.1) is 19.5 Å². The van der Waals surface area contributed by atoms with E-state index in [0.29, 0.717) is 29.5 Å². The highest BCUT2D eigenvalue weighted by molar-refractivity contribution is 5.76. The molecule has 8 nitrogen and oxygen atoms in total. The third-order valence-electron chi connectivity index (χ3n) is 5.65. The van der Waals surface area contributed by atoms with Crippen LogP contribution in [0.2, 0.25) is 0 Å². The first-order valence-corrected chi connectivity index (χ1v) is 12.0. The largest absolute Gasteiger partial charge is 0.494 e. The van der Waals surface area contributed by atoms with Gasteiger partial charge in [0.2, 0.25) is 5.95 Å². The molecule has 1 fully saturated rings. The van der Waals surface area contributed by atoms with E-state index in [1.165, 1.54) is 50.2 Å². The molecule has 1 aliphatic heterocycles. The molecule has 192 valence electrons. The van der Waals surface area contributed by atoms with Gasteiger partial charge in [-0.3, -0.25) is 4.79 Å². The molecule has 1 saturated heterocycles. The fraction of sp³-hybridized carbons (Fsp3) is 0.370. The van der Waals surface area contributed by atoms with Crippen LogP contribution < -0.4 is 20.1 Å². The normalized spacial score (nSPS) is 13.2. The number of methoxy groups -OCH3 is 1. The maximum Gasteiger partial charge on any atom is 0.227 e. The van der Waals surface area contributed by atoms with Gasteiger partial charge < -0.3 is 25.0 Å². The fourth-order valence-electron chi connectivity index (χ4n) is 3.86. The van der Waals surface area contributed by atoms with Crippen molar-refractivity contribution in [3.63, 3.8) is 0 Å². The molecule has 0 aliphatic carbocycles. The standard InChI is InChI=1S/C25H27FN4O3.C2H7N/c1-3-8-30-13-20(14-30)18-4-6-21(7-5-18)29-25-27-11-22(12-28-25)33-16-19-9-17(15-31)10-23(32-2)24(19)26;1-3-2/h4-7,9-12,15,20H,3,8,13-14,16H2,1-2H3,(H,27,28,29);3H,1-2H3. The summed E-state index contributed by atoms with van der Waals surface area (Å²) in [6.45, 7) is 5.54. The van der Waals surface area contributed by atoms with E-state index in [-0.39, 0.29) is 17.9 Å². The number of ether oxygens (including phenoxy) is 2. The Hall–Kier alpha value is -3.56. The van der Waals surface area contributed by atoms with Gasteiger partial charge in [-0.05, 0) is 56.9 Å². The number of nitrogens with zero attached hydrogens (tertiary/aromatic N) is 3. The third-order valence-corrected chi connectivity index (χ3v) is 5.65. The summed E-state index contributed by atoms with van der Waals surface area (Å²) in [7, 11) is 5.10. The number of benzene rings is 2. The van der Waals surface area contributed by atoms with E-state index in [1.54, 1.807) is 0 Å². The SMILES string of the molecule is CCCN1CC(c2ccc(Nc3ncc(OCc4cc(C=O)cc(OC)c4F)cn3)cc2)C1.CNC. The van der Waals surface area contributed by atoms with Crippen LogP contribution in [0.4, 0.5) is 16.0 Å². The number of halogens is 1. The van der Waals surface area contributed by atoms with Crippen molar-refractivity contribution < 1.29 is 18.7 Å². The fourth-order valence-corrected chi connectivity index (χ4v) is 3.86. The summed E-state index contributed by atoms with van der Waals surface area (Å²) in [5.41, 5.74) is 2.77. The van der Waals surface area contributed by atoms with Gasteiger partial charge in [0.25, 0.3) is 0 Å². The number of hydrogen-bond acceptors (Lipinski definition) is 8. The Balaban J connectivity index is 0.00000115. The van der Waals surface area contributed by atoms with E-state index in [9.17, 15) is 9.18 Å². The zero-order valence-corrected chi connectivity index (χ0v) is 21.3. The molecule has 0 atom stereocenters. The highest BCUT2D eigenvalue weighted by Crippen LogP contribution is 2.28. The Morgan fingerprint density at radius 3 is 2.39 bits per heavy atom. The van der Waals surface area contributed by atoms with Crippen molar-refractivity contribution in [2.45, 2.75) is 25.9 Å². The number of aromatic nitrogens is 2. The van der Waals surface area contributed by atoms with Gasteiger partial charge in [0.15, 0.2) is 17.3 Å². The maximum atomic E-state index is 14.4. The number of aldehydes is 1. The van der Waals surface area contributed by atoms with Gasteiger partial charge in [0.1, 0.15) is 12.9 Å². The van der Waals surface area contributed by atoms with Gasteiger partial charge in [0, 0.05) is 35.8 Å². The molecule has 0 spiro atoms. The number of carbonyl (C=O) groups excluding carboxylic acids is 1. The smallest absolute Gasteiger partial charge is 0.227 e. The molecule has 3 aromatic rings. The second-order valence-corrected chi connectivity index (χ2v) is 8.55.